The Bertz CT molecular complexity index is 271. The second-order valence-corrected chi connectivity index (χ2v) is 3.44. The minimum atomic E-state index is 0.318. The SMILES string of the molecule is CNC(C)c1ccc(C)cc1Cl. The number of aryl methyl sites for hydroxylation is 1. The Hall–Kier alpha value is -0.530. The molecule has 1 aromatic carbocycles. The Morgan fingerprint density at radius 2 is 2.08 bits per heavy atom. The van der Waals surface area contributed by atoms with E-state index >= 15 is 0 Å². The third-order valence-corrected chi connectivity index (χ3v) is 2.38. The molecular weight excluding hydrogens is 170 g/mol. The highest BCUT2D eigenvalue weighted by molar-refractivity contribution is 6.31. The lowest BCUT2D eigenvalue weighted by atomic mass is 10.1. The summed E-state index contributed by atoms with van der Waals surface area (Å²) in [5.41, 5.74) is 2.36. The molecule has 1 N–H and O–H groups in total. The fraction of sp³-hybridized carbons (Fsp3) is 0.400. The van der Waals surface area contributed by atoms with E-state index in [9.17, 15) is 0 Å². The molecular formula is C10H14ClN. The first kappa shape index (κ1) is 9.56. The second-order valence-electron chi connectivity index (χ2n) is 3.04. The lowest BCUT2D eigenvalue weighted by molar-refractivity contribution is 0.652. The molecule has 1 aromatic rings. The van der Waals surface area contributed by atoms with Crippen molar-refractivity contribution < 1.29 is 0 Å². The first-order valence-electron chi connectivity index (χ1n) is 4.08. The Morgan fingerprint density at radius 1 is 1.42 bits per heavy atom. The van der Waals surface area contributed by atoms with Gasteiger partial charge in [-0.1, -0.05) is 23.7 Å². The van der Waals surface area contributed by atoms with Crippen molar-refractivity contribution in [3.05, 3.63) is 34.3 Å². The molecule has 0 aromatic heterocycles. The summed E-state index contributed by atoms with van der Waals surface area (Å²) in [7, 11) is 1.93. The number of benzene rings is 1. The first-order chi connectivity index (χ1) is 5.65. The molecule has 0 saturated heterocycles. The van der Waals surface area contributed by atoms with Crippen molar-refractivity contribution in [3.8, 4) is 0 Å². The van der Waals surface area contributed by atoms with Crippen LogP contribution >= 0.6 is 11.6 Å². The second kappa shape index (κ2) is 3.92. The van der Waals surface area contributed by atoms with Crippen molar-refractivity contribution >= 4 is 11.6 Å². The van der Waals surface area contributed by atoms with E-state index in [2.05, 4.69) is 24.4 Å². The summed E-state index contributed by atoms with van der Waals surface area (Å²) in [6.45, 7) is 4.14. The Morgan fingerprint density at radius 3 is 2.58 bits per heavy atom. The number of rotatable bonds is 2. The molecule has 0 radical (unpaired) electrons. The van der Waals surface area contributed by atoms with Gasteiger partial charge in [-0.2, -0.15) is 0 Å². The first-order valence-corrected chi connectivity index (χ1v) is 4.46. The quantitative estimate of drug-likeness (QED) is 0.744. The summed E-state index contributed by atoms with van der Waals surface area (Å²) in [6, 6.07) is 6.46. The monoisotopic (exact) mass is 183 g/mol. The van der Waals surface area contributed by atoms with Crippen LogP contribution in [0.3, 0.4) is 0 Å². The van der Waals surface area contributed by atoms with Crippen molar-refractivity contribution in [1.82, 2.24) is 5.32 Å². The molecule has 66 valence electrons. The van der Waals surface area contributed by atoms with E-state index in [1.165, 1.54) is 5.56 Å². The lowest BCUT2D eigenvalue weighted by Gasteiger charge is -2.12. The fourth-order valence-corrected chi connectivity index (χ4v) is 1.54. The third kappa shape index (κ3) is 1.99. The minimum absolute atomic E-state index is 0.318. The van der Waals surface area contributed by atoms with Gasteiger partial charge in [-0.25, -0.2) is 0 Å². The van der Waals surface area contributed by atoms with E-state index in [4.69, 9.17) is 11.6 Å². The van der Waals surface area contributed by atoms with Gasteiger partial charge in [-0.05, 0) is 38.1 Å². The average Bonchev–Trinajstić information content (AvgIpc) is 2.03. The predicted molar refractivity (Wildman–Crippen MR) is 53.7 cm³/mol. The van der Waals surface area contributed by atoms with Gasteiger partial charge in [0.25, 0.3) is 0 Å². The van der Waals surface area contributed by atoms with Crippen molar-refractivity contribution in [2.45, 2.75) is 19.9 Å². The predicted octanol–water partition coefficient (Wildman–Crippen LogP) is 2.93. The summed E-state index contributed by atoms with van der Waals surface area (Å²) in [6.07, 6.45) is 0. The van der Waals surface area contributed by atoms with Crippen LogP contribution in [0.5, 0.6) is 0 Å². The van der Waals surface area contributed by atoms with Gasteiger partial charge < -0.3 is 5.32 Å². The maximum Gasteiger partial charge on any atom is 0.0456 e. The van der Waals surface area contributed by atoms with Crippen LogP contribution in [-0.2, 0) is 0 Å². The lowest BCUT2D eigenvalue weighted by Crippen LogP contribution is -2.12. The molecule has 0 saturated carbocycles. The van der Waals surface area contributed by atoms with Gasteiger partial charge >= 0.3 is 0 Å². The minimum Gasteiger partial charge on any atom is -0.313 e. The summed E-state index contributed by atoms with van der Waals surface area (Å²) in [5, 5.41) is 4.00. The highest BCUT2D eigenvalue weighted by Crippen LogP contribution is 2.23. The van der Waals surface area contributed by atoms with E-state index in [1.54, 1.807) is 0 Å². The van der Waals surface area contributed by atoms with Crippen LogP contribution in [-0.4, -0.2) is 7.05 Å². The zero-order valence-corrected chi connectivity index (χ0v) is 8.44. The van der Waals surface area contributed by atoms with Crippen LogP contribution in [0.4, 0.5) is 0 Å². The topological polar surface area (TPSA) is 12.0 Å². The van der Waals surface area contributed by atoms with Gasteiger partial charge in [0.15, 0.2) is 0 Å². The van der Waals surface area contributed by atoms with Crippen LogP contribution in [0.15, 0.2) is 18.2 Å². The van der Waals surface area contributed by atoms with E-state index in [-0.39, 0.29) is 0 Å². The van der Waals surface area contributed by atoms with Crippen LogP contribution in [0.2, 0.25) is 5.02 Å². The average molecular weight is 184 g/mol. The van der Waals surface area contributed by atoms with Crippen molar-refractivity contribution in [2.24, 2.45) is 0 Å². The number of nitrogens with one attached hydrogen (secondary N) is 1. The van der Waals surface area contributed by atoms with Crippen LogP contribution in [0.25, 0.3) is 0 Å². The summed E-state index contributed by atoms with van der Waals surface area (Å²) in [4.78, 5) is 0. The standard InChI is InChI=1S/C10H14ClN/c1-7-4-5-9(8(2)12-3)10(11)6-7/h4-6,8,12H,1-3H3. The molecule has 0 amide bonds. The van der Waals surface area contributed by atoms with E-state index < -0.39 is 0 Å². The molecule has 1 atom stereocenters. The van der Waals surface area contributed by atoms with Crippen molar-refractivity contribution in [2.75, 3.05) is 7.05 Å². The van der Waals surface area contributed by atoms with Gasteiger partial charge in [-0.3, -0.25) is 0 Å². The molecule has 0 fully saturated rings. The summed E-state index contributed by atoms with van der Waals surface area (Å²) < 4.78 is 0. The Kier molecular flexibility index (Phi) is 3.12. The maximum absolute atomic E-state index is 6.06. The Balaban J connectivity index is 3.01. The zero-order valence-electron chi connectivity index (χ0n) is 7.69. The molecule has 0 aliphatic carbocycles. The van der Waals surface area contributed by atoms with Crippen molar-refractivity contribution in [3.63, 3.8) is 0 Å². The van der Waals surface area contributed by atoms with Crippen LogP contribution in [0.1, 0.15) is 24.1 Å². The highest BCUT2D eigenvalue weighted by atomic mass is 35.5. The van der Waals surface area contributed by atoms with E-state index in [1.807, 2.05) is 20.0 Å². The molecule has 2 heteroatoms. The van der Waals surface area contributed by atoms with Crippen LogP contribution < -0.4 is 5.32 Å². The van der Waals surface area contributed by atoms with E-state index in [0.717, 1.165) is 10.6 Å². The van der Waals surface area contributed by atoms with E-state index in [0.29, 0.717) is 6.04 Å². The third-order valence-electron chi connectivity index (χ3n) is 2.06. The smallest absolute Gasteiger partial charge is 0.0456 e. The molecule has 1 rings (SSSR count). The normalized spacial score (nSPS) is 13.0. The van der Waals surface area contributed by atoms with Gasteiger partial charge in [0, 0.05) is 11.1 Å². The largest absolute Gasteiger partial charge is 0.313 e. The number of hydrogen-bond donors (Lipinski definition) is 1. The van der Waals surface area contributed by atoms with Gasteiger partial charge in [0.1, 0.15) is 0 Å². The van der Waals surface area contributed by atoms with Gasteiger partial charge in [0.05, 0.1) is 0 Å². The molecule has 0 bridgehead atoms. The van der Waals surface area contributed by atoms with Gasteiger partial charge in [-0.15, -0.1) is 0 Å². The maximum atomic E-state index is 6.06. The number of halogens is 1. The van der Waals surface area contributed by atoms with Crippen LogP contribution in [0, 0.1) is 6.92 Å². The number of hydrogen-bond acceptors (Lipinski definition) is 1. The molecule has 0 spiro atoms. The molecule has 0 aliphatic rings. The summed E-state index contributed by atoms with van der Waals surface area (Å²) in [5.74, 6) is 0. The summed E-state index contributed by atoms with van der Waals surface area (Å²) >= 11 is 6.06. The molecule has 12 heavy (non-hydrogen) atoms. The molecule has 0 aliphatic heterocycles. The molecule has 1 nitrogen and oxygen atoms in total. The fourth-order valence-electron chi connectivity index (χ4n) is 1.14. The molecule has 1 unspecified atom stereocenters. The van der Waals surface area contributed by atoms with Crippen molar-refractivity contribution in [1.29, 1.82) is 0 Å². The van der Waals surface area contributed by atoms with Gasteiger partial charge in [0.2, 0.25) is 0 Å². The highest BCUT2D eigenvalue weighted by Gasteiger charge is 2.06. The zero-order chi connectivity index (χ0) is 9.14. The molecule has 0 heterocycles. The Labute approximate surface area is 78.7 Å².